The Kier molecular flexibility index (Phi) is 8.17. The van der Waals surface area contributed by atoms with Crippen molar-refractivity contribution in [2.24, 2.45) is 5.41 Å². The van der Waals surface area contributed by atoms with Gasteiger partial charge in [0.25, 0.3) is 0 Å². The van der Waals surface area contributed by atoms with E-state index < -0.39 is 17.7 Å². The van der Waals surface area contributed by atoms with E-state index in [1.165, 1.54) is 11.1 Å². The molecular formula is C27H34N2O6. The molecule has 0 fully saturated rings. The lowest BCUT2D eigenvalue weighted by atomic mass is 9.84. The van der Waals surface area contributed by atoms with Crippen LogP contribution in [0.25, 0.3) is 11.1 Å². The third-order valence-corrected chi connectivity index (χ3v) is 6.53. The second-order valence-electron chi connectivity index (χ2n) is 10.0. The van der Waals surface area contributed by atoms with Gasteiger partial charge in [-0.2, -0.15) is 0 Å². The second-order valence-corrected chi connectivity index (χ2v) is 10.0. The van der Waals surface area contributed by atoms with Crippen molar-refractivity contribution in [3.63, 3.8) is 0 Å². The molecule has 0 aromatic heterocycles. The third-order valence-electron chi connectivity index (χ3n) is 6.53. The van der Waals surface area contributed by atoms with Gasteiger partial charge in [0.05, 0.1) is 6.54 Å². The number of fused-ring (bicyclic) bond motifs is 3. The average molecular weight is 483 g/mol. The minimum absolute atomic E-state index is 0.00464. The smallest absolute Gasteiger partial charge is 0.407 e. The summed E-state index contributed by atoms with van der Waals surface area (Å²) >= 11 is 0. The lowest BCUT2D eigenvalue weighted by Gasteiger charge is -2.25. The van der Waals surface area contributed by atoms with Crippen LogP contribution in [0.2, 0.25) is 0 Å². The molecule has 0 radical (unpaired) electrons. The Morgan fingerprint density at radius 2 is 1.49 bits per heavy atom. The third kappa shape index (κ3) is 6.82. The van der Waals surface area contributed by atoms with Gasteiger partial charge in [0, 0.05) is 18.9 Å². The van der Waals surface area contributed by atoms with Crippen LogP contribution in [-0.2, 0) is 14.3 Å². The van der Waals surface area contributed by atoms with Crippen LogP contribution in [0.5, 0.6) is 0 Å². The van der Waals surface area contributed by atoms with Crippen LogP contribution in [0, 0.1) is 5.41 Å². The van der Waals surface area contributed by atoms with Gasteiger partial charge in [-0.15, -0.1) is 0 Å². The fourth-order valence-electron chi connectivity index (χ4n) is 4.16. The van der Waals surface area contributed by atoms with Crippen LogP contribution in [-0.4, -0.2) is 53.5 Å². The second kappa shape index (κ2) is 10.9. The number of alkyl carbamates (subject to hydrolysis) is 1. The van der Waals surface area contributed by atoms with Crippen LogP contribution < -0.4 is 10.6 Å². The Morgan fingerprint density at radius 1 is 0.914 bits per heavy atom. The van der Waals surface area contributed by atoms with Crippen molar-refractivity contribution < 1.29 is 29.3 Å². The Hall–Kier alpha value is -3.39. The first kappa shape index (κ1) is 26.2. The quantitative estimate of drug-likeness (QED) is 0.387. The van der Waals surface area contributed by atoms with Crippen LogP contribution in [0.3, 0.4) is 0 Å². The molecular weight excluding hydrogens is 448 g/mol. The SMILES string of the molecule is CC(C)(CCNC(=O)OCC1c2ccccc2-c2ccccc21)CCC(=O)NCC(C)(O)C(=O)O. The summed E-state index contributed by atoms with van der Waals surface area (Å²) in [5, 5.41) is 23.8. The van der Waals surface area contributed by atoms with E-state index in [1.54, 1.807) is 0 Å². The van der Waals surface area contributed by atoms with Crippen molar-refractivity contribution in [1.29, 1.82) is 0 Å². The van der Waals surface area contributed by atoms with Crippen molar-refractivity contribution in [3.05, 3.63) is 59.7 Å². The Bertz CT molecular complexity index is 1030. The van der Waals surface area contributed by atoms with E-state index in [1.807, 2.05) is 38.1 Å². The molecule has 0 aliphatic heterocycles. The number of aliphatic carboxylic acids is 1. The van der Waals surface area contributed by atoms with Crippen LogP contribution in [0.15, 0.2) is 48.5 Å². The van der Waals surface area contributed by atoms with Crippen molar-refractivity contribution in [2.45, 2.75) is 51.6 Å². The molecule has 0 bridgehead atoms. The molecule has 1 aliphatic carbocycles. The average Bonchev–Trinajstić information content (AvgIpc) is 3.14. The zero-order chi connectivity index (χ0) is 25.6. The molecule has 2 aromatic carbocycles. The van der Waals surface area contributed by atoms with Gasteiger partial charge in [-0.05, 0) is 47.4 Å². The maximum Gasteiger partial charge on any atom is 0.407 e. The number of carbonyl (C=O) groups is 3. The van der Waals surface area contributed by atoms with Crippen molar-refractivity contribution in [2.75, 3.05) is 19.7 Å². The fraction of sp³-hybridized carbons (Fsp3) is 0.444. The number of hydrogen-bond donors (Lipinski definition) is 4. The summed E-state index contributed by atoms with van der Waals surface area (Å²) in [4.78, 5) is 35.3. The van der Waals surface area contributed by atoms with Gasteiger partial charge in [0.1, 0.15) is 6.61 Å². The molecule has 0 heterocycles. The standard InChI is InChI=1S/C27H34N2O6/c1-26(2,13-12-23(30)29-17-27(3,34)24(31)32)14-15-28-25(33)35-16-22-20-10-6-4-8-18(20)19-9-5-7-11-21(19)22/h4-11,22,34H,12-17H2,1-3H3,(H,28,33)(H,29,30)(H,31,32). The lowest BCUT2D eigenvalue weighted by Crippen LogP contribution is -2.46. The minimum atomic E-state index is -2.00. The Morgan fingerprint density at radius 3 is 2.06 bits per heavy atom. The molecule has 1 unspecified atom stereocenters. The maximum absolute atomic E-state index is 12.3. The van der Waals surface area contributed by atoms with Gasteiger partial charge in [0.15, 0.2) is 5.60 Å². The highest BCUT2D eigenvalue weighted by Gasteiger charge is 2.31. The molecule has 8 heteroatoms. The molecule has 188 valence electrons. The molecule has 0 spiro atoms. The zero-order valence-electron chi connectivity index (χ0n) is 20.5. The van der Waals surface area contributed by atoms with E-state index in [-0.39, 0.29) is 36.8 Å². The molecule has 35 heavy (non-hydrogen) atoms. The monoisotopic (exact) mass is 482 g/mol. The number of amides is 2. The summed E-state index contributed by atoms with van der Waals surface area (Å²) in [6, 6.07) is 16.3. The molecule has 2 aromatic rings. The molecule has 3 rings (SSSR count). The summed E-state index contributed by atoms with van der Waals surface area (Å²) in [5.41, 5.74) is 2.43. The molecule has 0 saturated carbocycles. The predicted octanol–water partition coefficient (Wildman–Crippen LogP) is 3.67. The predicted molar refractivity (Wildman–Crippen MR) is 132 cm³/mol. The number of hydrogen-bond acceptors (Lipinski definition) is 5. The van der Waals surface area contributed by atoms with Crippen LogP contribution >= 0.6 is 0 Å². The maximum atomic E-state index is 12.3. The van der Waals surface area contributed by atoms with Crippen LogP contribution in [0.1, 0.15) is 57.1 Å². The molecule has 2 amide bonds. The van der Waals surface area contributed by atoms with E-state index >= 15 is 0 Å². The Labute approximate surface area is 205 Å². The van der Waals surface area contributed by atoms with E-state index in [9.17, 15) is 19.5 Å². The number of carboxylic acids is 1. The van der Waals surface area contributed by atoms with Gasteiger partial charge >= 0.3 is 12.1 Å². The van der Waals surface area contributed by atoms with Crippen molar-refractivity contribution in [1.82, 2.24) is 10.6 Å². The minimum Gasteiger partial charge on any atom is -0.479 e. The van der Waals surface area contributed by atoms with Crippen LogP contribution in [0.4, 0.5) is 4.79 Å². The zero-order valence-corrected chi connectivity index (χ0v) is 20.5. The largest absolute Gasteiger partial charge is 0.479 e. The van der Waals surface area contributed by atoms with Gasteiger partial charge in [-0.3, -0.25) is 4.79 Å². The summed E-state index contributed by atoms with van der Waals surface area (Å²) in [5.74, 6) is -1.72. The first-order chi connectivity index (χ1) is 16.5. The highest BCUT2D eigenvalue weighted by molar-refractivity contribution is 5.80. The van der Waals surface area contributed by atoms with Crippen molar-refractivity contribution >= 4 is 18.0 Å². The first-order valence-corrected chi connectivity index (χ1v) is 11.8. The van der Waals surface area contributed by atoms with E-state index in [0.717, 1.165) is 18.1 Å². The van der Waals surface area contributed by atoms with Gasteiger partial charge < -0.3 is 25.6 Å². The number of rotatable bonds is 11. The lowest BCUT2D eigenvalue weighted by molar-refractivity contribution is -0.156. The summed E-state index contributed by atoms with van der Waals surface area (Å²) < 4.78 is 5.55. The molecule has 1 aliphatic rings. The highest BCUT2D eigenvalue weighted by atomic mass is 16.5. The number of ether oxygens (including phenoxy) is 1. The topological polar surface area (TPSA) is 125 Å². The fourth-order valence-corrected chi connectivity index (χ4v) is 4.16. The molecule has 1 atom stereocenters. The van der Waals surface area contributed by atoms with E-state index in [0.29, 0.717) is 19.4 Å². The van der Waals surface area contributed by atoms with Gasteiger partial charge in [-0.1, -0.05) is 62.4 Å². The van der Waals surface area contributed by atoms with E-state index in [2.05, 4.69) is 34.9 Å². The van der Waals surface area contributed by atoms with E-state index in [4.69, 9.17) is 9.84 Å². The molecule has 8 nitrogen and oxygen atoms in total. The number of benzene rings is 2. The molecule has 0 saturated heterocycles. The summed E-state index contributed by atoms with van der Waals surface area (Å²) in [6.07, 6.45) is 0.891. The number of nitrogens with one attached hydrogen (secondary N) is 2. The highest BCUT2D eigenvalue weighted by Crippen LogP contribution is 2.44. The Balaban J connectivity index is 1.40. The number of carbonyl (C=O) groups excluding carboxylic acids is 2. The number of aliphatic hydroxyl groups is 1. The molecule has 4 N–H and O–H groups in total. The van der Waals surface area contributed by atoms with Gasteiger partial charge in [0.2, 0.25) is 5.91 Å². The summed E-state index contributed by atoms with van der Waals surface area (Å²) in [6.45, 7) is 5.42. The van der Waals surface area contributed by atoms with Gasteiger partial charge in [-0.25, -0.2) is 9.59 Å². The number of carboxylic acid groups (broad SMARTS) is 1. The normalized spacial score (nSPS) is 14.4. The first-order valence-electron chi connectivity index (χ1n) is 11.8. The van der Waals surface area contributed by atoms with Crippen molar-refractivity contribution in [3.8, 4) is 11.1 Å². The summed E-state index contributed by atoms with van der Waals surface area (Å²) in [7, 11) is 0.